The Bertz CT molecular complexity index is 483. The van der Waals surface area contributed by atoms with Crippen molar-refractivity contribution in [1.29, 1.82) is 5.26 Å². The van der Waals surface area contributed by atoms with E-state index in [4.69, 9.17) is 4.74 Å². The van der Waals surface area contributed by atoms with Crippen molar-refractivity contribution in [3.63, 3.8) is 0 Å². The van der Waals surface area contributed by atoms with Gasteiger partial charge < -0.3 is 14.4 Å². The highest BCUT2D eigenvalue weighted by Gasteiger charge is 2.46. The maximum Gasteiger partial charge on any atom is 0.161 e. The molecule has 2 aliphatic heterocycles. The first-order valence-electron chi connectivity index (χ1n) is 5.99. The standard InChI is InChI=1S/C12H15N3O2/c13-6-12(7-17-8-12)11-14-9(5-16)10-3-1-2-4-15(10)11/h16H,1-5,7-8H2. The molecule has 1 aromatic rings. The van der Waals surface area contributed by atoms with Crippen LogP contribution in [0.1, 0.15) is 30.1 Å². The van der Waals surface area contributed by atoms with E-state index in [1.807, 2.05) is 0 Å². The van der Waals surface area contributed by atoms with Gasteiger partial charge in [0.2, 0.25) is 0 Å². The van der Waals surface area contributed by atoms with Gasteiger partial charge in [-0.2, -0.15) is 5.26 Å². The van der Waals surface area contributed by atoms with Crippen LogP contribution in [0.25, 0.3) is 0 Å². The van der Waals surface area contributed by atoms with Crippen LogP contribution < -0.4 is 0 Å². The first kappa shape index (κ1) is 10.8. The monoisotopic (exact) mass is 233 g/mol. The fraction of sp³-hybridized carbons (Fsp3) is 0.667. The number of nitriles is 1. The van der Waals surface area contributed by atoms with E-state index in [1.165, 1.54) is 0 Å². The smallest absolute Gasteiger partial charge is 0.161 e. The molecular formula is C12H15N3O2. The van der Waals surface area contributed by atoms with E-state index in [0.717, 1.165) is 43.0 Å². The van der Waals surface area contributed by atoms with Gasteiger partial charge in [-0.05, 0) is 19.3 Å². The van der Waals surface area contributed by atoms with Crippen LogP contribution in [0.5, 0.6) is 0 Å². The predicted molar refractivity (Wildman–Crippen MR) is 59.2 cm³/mol. The Labute approximate surface area is 99.6 Å². The molecule has 2 aliphatic rings. The molecule has 0 aromatic carbocycles. The Morgan fingerprint density at radius 2 is 2.29 bits per heavy atom. The lowest BCUT2D eigenvalue weighted by molar-refractivity contribution is -0.0357. The number of aliphatic hydroxyl groups is 1. The zero-order chi connectivity index (χ0) is 11.9. The molecule has 0 radical (unpaired) electrons. The molecule has 0 aliphatic carbocycles. The minimum absolute atomic E-state index is 0.0439. The second kappa shape index (κ2) is 3.83. The SMILES string of the molecule is N#CC1(c2nc(CO)c3n2CCCC3)COC1. The van der Waals surface area contributed by atoms with E-state index in [2.05, 4.69) is 15.6 Å². The van der Waals surface area contributed by atoms with Crippen LogP contribution in [0.2, 0.25) is 0 Å². The quantitative estimate of drug-likeness (QED) is 0.807. The molecule has 0 amide bonds. The Hall–Kier alpha value is -1.38. The van der Waals surface area contributed by atoms with E-state index in [-0.39, 0.29) is 6.61 Å². The largest absolute Gasteiger partial charge is 0.390 e. The number of aromatic nitrogens is 2. The Morgan fingerprint density at radius 1 is 1.47 bits per heavy atom. The average molecular weight is 233 g/mol. The van der Waals surface area contributed by atoms with Crippen LogP contribution in [0.3, 0.4) is 0 Å². The third-order valence-electron chi connectivity index (χ3n) is 3.69. The molecule has 3 rings (SSSR count). The summed E-state index contributed by atoms with van der Waals surface area (Å²) < 4.78 is 7.30. The number of imidazole rings is 1. The van der Waals surface area contributed by atoms with E-state index in [0.29, 0.717) is 13.2 Å². The second-order valence-electron chi connectivity index (χ2n) is 4.78. The molecule has 1 N–H and O–H groups in total. The molecule has 0 spiro atoms. The molecule has 5 heteroatoms. The predicted octanol–water partition coefficient (Wildman–Crippen LogP) is 0.503. The summed E-state index contributed by atoms with van der Waals surface area (Å²) in [5.74, 6) is 0.796. The molecule has 5 nitrogen and oxygen atoms in total. The molecule has 1 aromatic heterocycles. The van der Waals surface area contributed by atoms with E-state index < -0.39 is 5.41 Å². The molecule has 0 atom stereocenters. The highest BCUT2D eigenvalue weighted by Crippen LogP contribution is 2.34. The van der Waals surface area contributed by atoms with E-state index in [9.17, 15) is 10.4 Å². The Morgan fingerprint density at radius 3 is 2.88 bits per heavy atom. The molecule has 1 fully saturated rings. The van der Waals surface area contributed by atoms with Gasteiger partial charge in [-0.1, -0.05) is 0 Å². The van der Waals surface area contributed by atoms with Crippen molar-refractivity contribution in [3.8, 4) is 6.07 Å². The summed E-state index contributed by atoms with van der Waals surface area (Å²) in [7, 11) is 0. The van der Waals surface area contributed by atoms with Gasteiger partial charge in [-0.3, -0.25) is 0 Å². The number of rotatable bonds is 2. The van der Waals surface area contributed by atoms with Crippen LogP contribution in [0, 0.1) is 11.3 Å². The fourth-order valence-corrected chi connectivity index (χ4v) is 2.66. The molecule has 3 heterocycles. The van der Waals surface area contributed by atoms with Crippen molar-refractivity contribution >= 4 is 0 Å². The third kappa shape index (κ3) is 1.41. The van der Waals surface area contributed by atoms with Crippen LogP contribution in [0.15, 0.2) is 0 Å². The topological polar surface area (TPSA) is 71.1 Å². The van der Waals surface area contributed by atoms with Crippen LogP contribution in [-0.2, 0) is 29.7 Å². The summed E-state index contributed by atoms with van der Waals surface area (Å²) >= 11 is 0. The van der Waals surface area contributed by atoms with Gasteiger partial charge in [0.1, 0.15) is 5.82 Å². The first-order chi connectivity index (χ1) is 8.30. The maximum atomic E-state index is 9.35. The summed E-state index contributed by atoms with van der Waals surface area (Å²) in [6.07, 6.45) is 3.20. The number of fused-ring (bicyclic) bond motifs is 1. The third-order valence-corrected chi connectivity index (χ3v) is 3.69. The lowest BCUT2D eigenvalue weighted by atomic mass is 9.86. The van der Waals surface area contributed by atoms with Gasteiger partial charge in [-0.25, -0.2) is 4.98 Å². The highest BCUT2D eigenvalue weighted by molar-refractivity contribution is 5.31. The number of aliphatic hydroxyl groups excluding tert-OH is 1. The number of hydrogen-bond acceptors (Lipinski definition) is 4. The van der Waals surface area contributed by atoms with Crippen LogP contribution >= 0.6 is 0 Å². The number of nitrogens with zero attached hydrogens (tertiary/aromatic N) is 3. The van der Waals surface area contributed by atoms with Gasteiger partial charge in [0.25, 0.3) is 0 Å². The van der Waals surface area contributed by atoms with E-state index >= 15 is 0 Å². The Kier molecular flexibility index (Phi) is 2.42. The summed E-state index contributed by atoms with van der Waals surface area (Å²) in [6, 6.07) is 2.33. The molecule has 17 heavy (non-hydrogen) atoms. The lowest BCUT2D eigenvalue weighted by Gasteiger charge is -2.35. The summed E-state index contributed by atoms with van der Waals surface area (Å²) in [6.45, 7) is 1.70. The molecule has 0 saturated carbocycles. The normalized spacial score (nSPS) is 21.4. The lowest BCUT2D eigenvalue weighted by Crippen LogP contribution is -2.47. The zero-order valence-corrected chi connectivity index (χ0v) is 9.65. The molecule has 1 saturated heterocycles. The first-order valence-corrected chi connectivity index (χ1v) is 5.99. The second-order valence-corrected chi connectivity index (χ2v) is 4.78. The summed E-state index contributed by atoms with van der Waals surface area (Å²) in [5.41, 5.74) is 1.26. The maximum absolute atomic E-state index is 9.35. The number of hydrogen-bond donors (Lipinski definition) is 1. The fourth-order valence-electron chi connectivity index (χ4n) is 2.66. The van der Waals surface area contributed by atoms with Crippen molar-refractivity contribution < 1.29 is 9.84 Å². The van der Waals surface area contributed by atoms with Crippen molar-refractivity contribution in [3.05, 3.63) is 17.2 Å². The molecular weight excluding hydrogens is 218 g/mol. The van der Waals surface area contributed by atoms with Gasteiger partial charge in [0.05, 0.1) is 31.6 Å². The summed E-state index contributed by atoms with van der Waals surface area (Å²) in [4.78, 5) is 4.49. The molecule has 90 valence electrons. The van der Waals surface area contributed by atoms with Crippen molar-refractivity contribution in [2.75, 3.05) is 13.2 Å². The van der Waals surface area contributed by atoms with Gasteiger partial charge in [0, 0.05) is 12.2 Å². The van der Waals surface area contributed by atoms with Gasteiger partial charge in [-0.15, -0.1) is 0 Å². The number of ether oxygens (including phenoxy) is 1. The highest BCUT2D eigenvalue weighted by atomic mass is 16.5. The molecule has 0 bridgehead atoms. The van der Waals surface area contributed by atoms with Gasteiger partial charge in [0.15, 0.2) is 5.41 Å². The molecule has 0 unspecified atom stereocenters. The van der Waals surface area contributed by atoms with E-state index in [1.54, 1.807) is 0 Å². The summed E-state index contributed by atoms with van der Waals surface area (Å²) in [5, 5.41) is 18.7. The Balaban J connectivity index is 2.11. The van der Waals surface area contributed by atoms with Crippen molar-refractivity contribution in [2.45, 2.75) is 37.8 Å². The van der Waals surface area contributed by atoms with Crippen molar-refractivity contribution in [1.82, 2.24) is 9.55 Å². The average Bonchev–Trinajstić information content (AvgIpc) is 2.68. The van der Waals surface area contributed by atoms with Crippen LogP contribution in [-0.4, -0.2) is 27.9 Å². The van der Waals surface area contributed by atoms with Crippen molar-refractivity contribution in [2.24, 2.45) is 0 Å². The minimum atomic E-state index is -0.584. The van der Waals surface area contributed by atoms with Gasteiger partial charge >= 0.3 is 0 Å². The minimum Gasteiger partial charge on any atom is -0.390 e. The zero-order valence-electron chi connectivity index (χ0n) is 9.65. The van der Waals surface area contributed by atoms with Crippen LogP contribution in [0.4, 0.5) is 0 Å².